The molecule has 2 rings (SSSR count). The first-order valence-electron chi connectivity index (χ1n) is 7.76. The van der Waals surface area contributed by atoms with E-state index in [2.05, 4.69) is 9.47 Å². The third-order valence-electron chi connectivity index (χ3n) is 3.12. The van der Waals surface area contributed by atoms with Gasteiger partial charge in [0.15, 0.2) is 0 Å². The van der Waals surface area contributed by atoms with Gasteiger partial charge in [-0.15, -0.1) is 0 Å². The van der Waals surface area contributed by atoms with Crippen LogP contribution < -0.4 is 0 Å². The Morgan fingerprint density at radius 3 is 1.54 bits per heavy atom. The normalized spacial score (nSPS) is 14.2. The fourth-order valence-corrected chi connectivity index (χ4v) is 1.91. The Hall–Kier alpha value is -3.68. The summed E-state index contributed by atoms with van der Waals surface area (Å²) in [6, 6.07) is 14.3. The van der Waals surface area contributed by atoms with Crippen LogP contribution in [0.15, 0.2) is 60.7 Å². The Morgan fingerprint density at radius 1 is 0.731 bits per heavy atom. The fraction of sp³-hybridized carbons (Fsp3) is 0.111. The van der Waals surface area contributed by atoms with Crippen LogP contribution in [0.4, 0.5) is 0 Å². The van der Waals surface area contributed by atoms with Crippen LogP contribution in [-0.2, 0) is 19.1 Å². The highest BCUT2D eigenvalue weighted by Gasteiger charge is 2.40. The predicted octanol–water partition coefficient (Wildman–Crippen LogP) is 1.61. The van der Waals surface area contributed by atoms with E-state index < -0.39 is 36.1 Å². The standard InChI is InChI=1S/C18H14O8/c19-15(20)13(25-17(23)11-7-3-1-4-8-11)14(16(21)22)26-18(24)12-9-5-2-6-10-12/h1-10,13-14H,(H,19,20)(H,21,22)/i13D. The van der Waals surface area contributed by atoms with E-state index >= 15 is 0 Å². The third kappa shape index (κ3) is 4.67. The first-order chi connectivity index (χ1) is 12.8. The second kappa shape index (κ2) is 8.43. The molecular weight excluding hydrogens is 344 g/mol. The molecule has 134 valence electrons. The van der Waals surface area contributed by atoms with E-state index in [-0.39, 0.29) is 11.1 Å². The molecule has 0 amide bonds. The van der Waals surface area contributed by atoms with Crippen LogP contribution in [0.5, 0.6) is 0 Å². The van der Waals surface area contributed by atoms with Crippen molar-refractivity contribution in [3.8, 4) is 0 Å². The van der Waals surface area contributed by atoms with E-state index in [0.29, 0.717) is 0 Å². The Bertz CT molecular complexity index is 852. The molecule has 0 heterocycles. The topological polar surface area (TPSA) is 127 Å². The van der Waals surface area contributed by atoms with Crippen molar-refractivity contribution in [3.05, 3.63) is 71.8 Å². The number of aliphatic carboxylic acids is 2. The minimum Gasteiger partial charge on any atom is -0.478 e. The second-order valence-corrected chi connectivity index (χ2v) is 4.91. The number of carbonyl (C=O) groups excluding carboxylic acids is 2. The van der Waals surface area contributed by atoms with Crippen molar-refractivity contribution in [1.29, 1.82) is 0 Å². The zero-order chi connectivity index (χ0) is 20.0. The monoisotopic (exact) mass is 359 g/mol. The summed E-state index contributed by atoms with van der Waals surface area (Å²) in [5.74, 6) is -6.51. The molecule has 0 fully saturated rings. The van der Waals surface area contributed by atoms with E-state index in [9.17, 15) is 29.4 Å². The van der Waals surface area contributed by atoms with Gasteiger partial charge < -0.3 is 19.7 Å². The summed E-state index contributed by atoms with van der Waals surface area (Å²) in [4.78, 5) is 47.2. The summed E-state index contributed by atoms with van der Waals surface area (Å²) in [6.07, 6.45) is -6.00. The summed E-state index contributed by atoms with van der Waals surface area (Å²) >= 11 is 0. The molecule has 0 aromatic heterocycles. The minimum atomic E-state index is -3.40. The molecule has 8 nitrogen and oxygen atoms in total. The highest BCUT2D eigenvalue weighted by atomic mass is 16.6. The highest BCUT2D eigenvalue weighted by molar-refractivity contribution is 5.95. The van der Waals surface area contributed by atoms with Crippen LogP contribution in [0.25, 0.3) is 0 Å². The summed E-state index contributed by atoms with van der Waals surface area (Å²) in [5, 5.41) is 18.6. The van der Waals surface area contributed by atoms with Gasteiger partial charge in [0.2, 0.25) is 12.2 Å². The molecule has 26 heavy (non-hydrogen) atoms. The first-order valence-corrected chi connectivity index (χ1v) is 7.26. The number of hydrogen-bond acceptors (Lipinski definition) is 6. The van der Waals surface area contributed by atoms with E-state index in [0.717, 1.165) is 0 Å². The Labute approximate surface area is 149 Å². The maximum atomic E-state index is 12.1. The van der Waals surface area contributed by atoms with Gasteiger partial charge in [-0.3, -0.25) is 0 Å². The number of carbonyl (C=O) groups is 4. The van der Waals surface area contributed by atoms with Crippen molar-refractivity contribution >= 4 is 23.9 Å². The van der Waals surface area contributed by atoms with Gasteiger partial charge in [-0.25, -0.2) is 19.2 Å². The Kier molecular flexibility index (Phi) is 5.56. The number of hydrogen-bond donors (Lipinski definition) is 2. The molecule has 0 aliphatic heterocycles. The van der Waals surface area contributed by atoms with Crippen LogP contribution >= 0.6 is 0 Å². The van der Waals surface area contributed by atoms with Gasteiger partial charge >= 0.3 is 23.9 Å². The number of benzene rings is 2. The molecule has 0 saturated heterocycles. The molecule has 2 aromatic carbocycles. The minimum absolute atomic E-state index is 0.0640. The summed E-state index contributed by atoms with van der Waals surface area (Å²) in [5.41, 5.74) is -0.167. The Balaban J connectivity index is 2.31. The molecule has 0 spiro atoms. The lowest BCUT2D eigenvalue weighted by Gasteiger charge is -2.21. The van der Waals surface area contributed by atoms with Gasteiger partial charge in [0.1, 0.15) is 0 Å². The molecule has 0 aliphatic carbocycles. The van der Waals surface area contributed by atoms with E-state index in [4.69, 9.17) is 1.37 Å². The van der Waals surface area contributed by atoms with Crippen molar-refractivity contribution in [3.63, 3.8) is 0 Å². The van der Waals surface area contributed by atoms with Gasteiger partial charge in [-0.1, -0.05) is 36.4 Å². The molecular formula is C18H14O8. The van der Waals surface area contributed by atoms with Gasteiger partial charge in [-0.05, 0) is 24.3 Å². The number of rotatable bonds is 7. The van der Waals surface area contributed by atoms with Crippen LogP contribution in [0.2, 0.25) is 0 Å². The van der Waals surface area contributed by atoms with Crippen molar-refractivity contribution in [2.45, 2.75) is 12.2 Å². The van der Waals surface area contributed by atoms with Crippen molar-refractivity contribution in [2.24, 2.45) is 0 Å². The van der Waals surface area contributed by atoms with Gasteiger partial charge in [0.25, 0.3) is 0 Å². The number of ether oxygens (including phenoxy) is 2. The van der Waals surface area contributed by atoms with E-state index in [1.807, 2.05) is 0 Å². The third-order valence-corrected chi connectivity index (χ3v) is 3.12. The van der Waals surface area contributed by atoms with Crippen molar-refractivity contribution in [1.82, 2.24) is 0 Å². The fourth-order valence-electron chi connectivity index (χ4n) is 1.91. The smallest absolute Gasteiger partial charge is 0.349 e. The van der Waals surface area contributed by atoms with Crippen LogP contribution in [0, 0.1) is 0 Å². The molecule has 8 heteroatoms. The summed E-state index contributed by atoms with van der Waals surface area (Å²) in [6.45, 7) is 0. The van der Waals surface area contributed by atoms with Gasteiger partial charge in [0.05, 0.1) is 12.5 Å². The molecule has 2 atom stereocenters. The van der Waals surface area contributed by atoms with Crippen molar-refractivity contribution < 1.29 is 40.2 Å². The maximum absolute atomic E-state index is 12.1. The maximum Gasteiger partial charge on any atom is 0.349 e. The molecule has 2 N–H and O–H groups in total. The lowest BCUT2D eigenvalue weighted by atomic mass is 10.1. The zero-order valence-electron chi connectivity index (χ0n) is 14.2. The predicted molar refractivity (Wildman–Crippen MR) is 86.6 cm³/mol. The number of carboxylic acid groups (broad SMARTS) is 2. The molecule has 0 radical (unpaired) electrons. The van der Waals surface area contributed by atoms with Gasteiger partial charge in [0, 0.05) is 0 Å². The SMILES string of the molecule is [2H]C(OC(=O)c1ccccc1)(C(=O)O)C(OC(=O)c1ccccc1)C(=O)O. The lowest BCUT2D eigenvalue weighted by Crippen LogP contribution is -2.45. The molecule has 2 unspecified atom stereocenters. The average molecular weight is 359 g/mol. The van der Waals surface area contributed by atoms with Crippen molar-refractivity contribution in [2.75, 3.05) is 0 Å². The highest BCUT2D eigenvalue weighted by Crippen LogP contribution is 2.13. The van der Waals surface area contributed by atoms with Gasteiger partial charge in [-0.2, -0.15) is 0 Å². The molecule has 0 aliphatic rings. The molecule has 0 saturated carbocycles. The number of esters is 2. The molecule has 0 bridgehead atoms. The van der Waals surface area contributed by atoms with Crippen LogP contribution in [0.1, 0.15) is 22.1 Å². The summed E-state index contributed by atoms with van der Waals surface area (Å²) < 4.78 is 17.2. The zero-order valence-corrected chi connectivity index (χ0v) is 13.2. The summed E-state index contributed by atoms with van der Waals surface area (Å²) in [7, 11) is 0. The number of carboxylic acids is 2. The average Bonchev–Trinajstić information content (AvgIpc) is 2.66. The quantitative estimate of drug-likeness (QED) is 0.714. The molecule has 2 aromatic rings. The van der Waals surface area contributed by atoms with E-state index in [1.165, 1.54) is 48.5 Å². The Morgan fingerprint density at radius 2 is 1.15 bits per heavy atom. The second-order valence-electron chi connectivity index (χ2n) is 4.91. The largest absolute Gasteiger partial charge is 0.478 e. The lowest BCUT2D eigenvalue weighted by molar-refractivity contribution is -0.166. The van der Waals surface area contributed by atoms with E-state index in [1.54, 1.807) is 12.1 Å². The van der Waals surface area contributed by atoms with Crippen LogP contribution in [-0.4, -0.2) is 46.3 Å². The first kappa shape index (κ1) is 17.2. The van der Waals surface area contributed by atoms with Crippen LogP contribution in [0.3, 0.4) is 0 Å².